The fourth-order valence-electron chi connectivity index (χ4n) is 4.58. The van der Waals surface area contributed by atoms with Crippen LogP contribution in [0.3, 0.4) is 0 Å². The lowest BCUT2D eigenvalue weighted by atomic mass is 10.0. The highest BCUT2D eigenvalue weighted by Crippen LogP contribution is 2.38. The predicted molar refractivity (Wildman–Crippen MR) is 96.1 cm³/mol. The zero-order chi connectivity index (χ0) is 17.8. The average molecular weight is 358 g/mol. The summed E-state index contributed by atoms with van der Waals surface area (Å²) >= 11 is 0. The van der Waals surface area contributed by atoms with E-state index in [1.165, 1.54) is 31.0 Å². The number of nitrogens with zero attached hydrogens (tertiary/aromatic N) is 2. The van der Waals surface area contributed by atoms with Crippen LogP contribution >= 0.6 is 0 Å². The van der Waals surface area contributed by atoms with Gasteiger partial charge in [0.2, 0.25) is 0 Å². The first-order chi connectivity index (χ1) is 12.6. The van der Waals surface area contributed by atoms with E-state index < -0.39 is 11.6 Å². The third-order valence-corrected chi connectivity index (χ3v) is 6.14. The van der Waals surface area contributed by atoms with Crippen molar-refractivity contribution in [3.05, 3.63) is 47.2 Å². The van der Waals surface area contributed by atoms with E-state index in [0.717, 1.165) is 43.1 Å². The molecule has 1 saturated carbocycles. The number of aromatic amines is 1. The zero-order valence-corrected chi connectivity index (χ0v) is 14.9. The number of hydrogen-bond donors (Lipinski definition) is 2. The lowest BCUT2D eigenvalue weighted by molar-refractivity contribution is 0.0572. The quantitative estimate of drug-likeness (QED) is 0.884. The minimum atomic E-state index is -0.521. The molecule has 5 rings (SSSR count). The molecule has 0 spiro atoms. The molecule has 2 N–H and O–H groups in total. The van der Waals surface area contributed by atoms with Gasteiger partial charge in [0.1, 0.15) is 11.6 Å². The number of benzene rings is 1. The molecule has 4 nitrogen and oxygen atoms in total. The molecular weight excluding hydrogens is 334 g/mol. The van der Waals surface area contributed by atoms with Gasteiger partial charge >= 0.3 is 0 Å². The van der Waals surface area contributed by atoms with Gasteiger partial charge in [-0.15, -0.1) is 0 Å². The van der Waals surface area contributed by atoms with Crippen LogP contribution in [-0.4, -0.2) is 40.7 Å². The van der Waals surface area contributed by atoms with Crippen molar-refractivity contribution in [2.75, 3.05) is 13.6 Å². The summed E-state index contributed by atoms with van der Waals surface area (Å²) in [6.07, 6.45) is 5.10. The van der Waals surface area contributed by atoms with Crippen LogP contribution in [0.1, 0.15) is 30.5 Å². The van der Waals surface area contributed by atoms with Crippen molar-refractivity contribution in [3.8, 4) is 11.3 Å². The second-order valence-electron chi connectivity index (χ2n) is 7.90. The Morgan fingerprint density at radius 2 is 1.92 bits per heavy atom. The summed E-state index contributed by atoms with van der Waals surface area (Å²) in [5, 5.41) is 2.25. The molecule has 26 heavy (non-hydrogen) atoms. The first-order valence-corrected chi connectivity index (χ1v) is 9.48. The molecular formula is C20H24F2N4. The average Bonchev–Trinajstić information content (AvgIpc) is 3.26. The van der Waals surface area contributed by atoms with Gasteiger partial charge in [0.25, 0.3) is 0 Å². The van der Waals surface area contributed by atoms with E-state index >= 15 is 0 Å². The summed E-state index contributed by atoms with van der Waals surface area (Å²) in [5.41, 5.74) is 6.46. The van der Waals surface area contributed by atoms with Crippen LogP contribution in [0.2, 0.25) is 0 Å². The standard InChI is InChI=1S/C20H24F2N4/c1-25-19(10-17(24-25)12-5-6-12)26-8-7-16-13(11-26)9-18(23-16)20-14(21)3-2-4-15(20)22/h2-4,9,12,17,19,23-24H,5-8,10-11H2,1H3. The van der Waals surface area contributed by atoms with Crippen molar-refractivity contribution in [2.45, 2.75) is 44.4 Å². The molecule has 0 bridgehead atoms. The van der Waals surface area contributed by atoms with Crippen LogP contribution in [0.15, 0.2) is 24.3 Å². The molecule has 6 heteroatoms. The van der Waals surface area contributed by atoms with Gasteiger partial charge < -0.3 is 4.98 Å². The zero-order valence-electron chi connectivity index (χ0n) is 14.9. The molecule has 1 aliphatic carbocycles. The van der Waals surface area contributed by atoms with Gasteiger partial charge in [-0.3, -0.25) is 10.3 Å². The van der Waals surface area contributed by atoms with E-state index in [9.17, 15) is 8.78 Å². The van der Waals surface area contributed by atoms with Crippen molar-refractivity contribution in [1.29, 1.82) is 0 Å². The van der Waals surface area contributed by atoms with E-state index in [2.05, 4.69) is 27.4 Å². The Labute approximate surface area is 152 Å². The van der Waals surface area contributed by atoms with E-state index in [0.29, 0.717) is 17.9 Å². The van der Waals surface area contributed by atoms with Crippen molar-refractivity contribution in [1.82, 2.24) is 20.3 Å². The molecule has 1 aromatic heterocycles. The summed E-state index contributed by atoms with van der Waals surface area (Å²) in [7, 11) is 2.12. The highest BCUT2D eigenvalue weighted by Gasteiger charge is 2.41. The van der Waals surface area contributed by atoms with Crippen LogP contribution in [0.4, 0.5) is 8.78 Å². The molecule has 0 radical (unpaired) electrons. The summed E-state index contributed by atoms with van der Waals surface area (Å²) in [6, 6.07) is 6.53. The third-order valence-electron chi connectivity index (χ3n) is 6.14. The summed E-state index contributed by atoms with van der Waals surface area (Å²) in [6.45, 7) is 1.77. The Morgan fingerprint density at radius 1 is 1.15 bits per heavy atom. The SMILES string of the molecule is CN1NC(C2CC2)CC1N1CCc2[nH]c(-c3c(F)cccc3F)cc2C1. The Morgan fingerprint density at radius 3 is 2.65 bits per heavy atom. The number of nitrogens with one attached hydrogen (secondary N) is 2. The molecule has 3 aliphatic rings. The first kappa shape index (κ1) is 16.4. The molecule has 2 atom stereocenters. The van der Waals surface area contributed by atoms with Crippen LogP contribution in [-0.2, 0) is 13.0 Å². The maximum Gasteiger partial charge on any atom is 0.135 e. The van der Waals surface area contributed by atoms with Gasteiger partial charge in [-0.25, -0.2) is 13.8 Å². The predicted octanol–water partition coefficient (Wildman–Crippen LogP) is 3.26. The van der Waals surface area contributed by atoms with E-state index in [1.54, 1.807) is 0 Å². The lowest BCUT2D eigenvalue weighted by Gasteiger charge is -2.35. The topological polar surface area (TPSA) is 34.3 Å². The highest BCUT2D eigenvalue weighted by atomic mass is 19.1. The number of H-pyrrole nitrogens is 1. The van der Waals surface area contributed by atoms with Crippen molar-refractivity contribution >= 4 is 0 Å². The van der Waals surface area contributed by atoms with Crippen molar-refractivity contribution in [2.24, 2.45) is 5.92 Å². The van der Waals surface area contributed by atoms with Crippen molar-refractivity contribution in [3.63, 3.8) is 0 Å². The summed E-state index contributed by atoms with van der Waals surface area (Å²) in [4.78, 5) is 5.73. The summed E-state index contributed by atoms with van der Waals surface area (Å²) in [5.74, 6) is -0.203. The normalized spacial score (nSPS) is 27.0. The Kier molecular flexibility index (Phi) is 3.88. The van der Waals surface area contributed by atoms with Gasteiger partial charge in [-0.1, -0.05) is 6.07 Å². The lowest BCUT2D eigenvalue weighted by Crippen LogP contribution is -2.47. The Bertz CT molecular complexity index is 809. The minimum absolute atomic E-state index is 0.0434. The van der Waals surface area contributed by atoms with Crippen molar-refractivity contribution < 1.29 is 8.78 Å². The molecule has 3 heterocycles. The first-order valence-electron chi connectivity index (χ1n) is 9.48. The second-order valence-corrected chi connectivity index (χ2v) is 7.90. The van der Waals surface area contributed by atoms with Crippen LogP contribution < -0.4 is 5.43 Å². The largest absolute Gasteiger partial charge is 0.358 e. The number of halogens is 2. The van der Waals surface area contributed by atoms with Gasteiger partial charge in [-0.2, -0.15) is 0 Å². The number of hydrogen-bond acceptors (Lipinski definition) is 3. The van der Waals surface area contributed by atoms with Gasteiger partial charge in [-0.05, 0) is 48.9 Å². The fraction of sp³-hybridized carbons (Fsp3) is 0.500. The molecule has 0 amide bonds. The van der Waals surface area contributed by atoms with Crippen LogP contribution in [0.5, 0.6) is 0 Å². The van der Waals surface area contributed by atoms with Gasteiger partial charge in [0, 0.05) is 38.3 Å². The molecule has 2 aromatic rings. The molecule has 2 fully saturated rings. The number of hydrazine groups is 1. The van der Waals surface area contributed by atoms with E-state index in [4.69, 9.17) is 0 Å². The molecule has 2 aliphatic heterocycles. The monoisotopic (exact) mass is 358 g/mol. The third kappa shape index (κ3) is 2.76. The van der Waals surface area contributed by atoms with E-state index in [1.807, 2.05) is 6.07 Å². The van der Waals surface area contributed by atoms with Gasteiger partial charge in [0.05, 0.1) is 17.4 Å². The fourth-order valence-corrected chi connectivity index (χ4v) is 4.58. The Hall–Kier alpha value is -1.76. The maximum absolute atomic E-state index is 14.1. The van der Waals surface area contributed by atoms with Gasteiger partial charge in [0.15, 0.2) is 0 Å². The minimum Gasteiger partial charge on any atom is -0.358 e. The highest BCUT2D eigenvalue weighted by molar-refractivity contribution is 5.63. The second kappa shape index (κ2) is 6.15. The number of aromatic nitrogens is 1. The molecule has 1 aromatic carbocycles. The number of rotatable bonds is 3. The van der Waals surface area contributed by atoms with Crippen LogP contribution in [0, 0.1) is 17.6 Å². The smallest absolute Gasteiger partial charge is 0.135 e. The molecule has 1 saturated heterocycles. The Balaban J connectivity index is 1.37. The maximum atomic E-state index is 14.1. The number of fused-ring (bicyclic) bond motifs is 1. The molecule has 138 valence electrons. The summed E-state index contributed by atoms with van der Waals surface area (Å²) < 4.78 is 28.2. The van der Waals surface area contributed by atoms with Crippen LogP contribution in [0.25, 0.3) is 11.3 Å². The molecule has 2 unspecified atom stereocenters. The van der Waals surface area contributed by atoms with E-state index in [-0.39, 0.29) is 5.56 Å².